The summed E-state index contributed by atoms with van der Waals surface area (Å²) in [5, 5.41) is 3.27. The zero-order chi connectivity index (χ0) is 10.4. The summed E-state index contributed by atoms with van der Waals surface area (Å²) in [5.74, 6) is -0.145. The Morgan fingerprint density at radius 1 is 1.71 bits per heavy atom. The van der Waals surface area contributed by atoms with Crippen LogP contribution in [0.4, 0.5) is 0 Å². The number of carbonyl (C=O) groups is 1. The van der Waals surface area contributed by atoms with Crippen LogP contribution in [0.3, 0.4) is 0 Å². The first-order valence-electron chi connectivity index (χ1n) is 4.35. The van der Waals surface area contributed by atoms with Gasteiger partial charge in [-0.1, -0.05) is 11.6 Å². The fourth-order valence-corrected chi connectivity index (χ4v) is 1.18. The molecular weight excluding hydrogens is 204 g/mol. The van der Waals surface area contributed by atoms with Crippen molar-refractivity contribution in [2.75, 3.05) is 20.3 Å². The van der Waals surface area contributed by atoms with Gasteiger partial charge in [-0.15, -0.1) is 0 Å². The molecule has 0 aliphatic heterocycles. The van der Waals surface area contributed by atoms with Crippen molar-refractivity contribution in [1.82, 2.24) is 10.3 Å². The number of ether oxygens (including phenoxy) is 1. The van der Waals surface area contributed by atoms with Crippen LogP contribution in [0.15, 0.2) is 12.3 Å². The highest BCUT2D eigenvalue weighted by atomic mass is 35.5. The van der Waals surface area contributed by atoms with E-state index in [4.69, 9.17) is 16.3 Å². The first-order chi connectivity index (χ1) is 6.74. The Balaban J connectivity index is 2.29. The molecule has 0 atom stereocenters. The summed E-state index contributed by atoms with van der Waals surface area (Å²) in [6.45, 7) is 1.25. The van der Waals surface area contributed by atoms with Gasteiger partial charge in [-0.25, -0.2) is 0 Å². The van der Waals surface area contributed by atoms with Crippen molar-refractivity contribution in [2.45, 2.75) is 6.42 Å². The van der Waals surface area contributed by atoms with E-state index in [2.05, 4.69) is 10.3 Å². The lowest BCUT2D eigenvalue weighted by atomic mass is 10.4. The number of hydrogen-bond acceptors (Lipinski definition) is 2. The van der Waals surface area contributed by atoms with Crippen LogP contribution in [0.25, 0.3) is 0 Å². The van der Waals surface area contributed by atoms with Gasteiger partial charge in [0.1, 0.15) is 5.69 Å². The number of H-pyrrole nitrogens is 1. The van der Waals surface area contributed by atoms with Crippen LogP contribution < -0.4 is 5.32 Å². The number of aromatic amines is 1. The lowest BCUT2D eigenvalue weighted by Gasteiger charge is -2.02. The molecule has 2 N–H and O–H groups in total. The van der Waals surface area contributed by atoms with Crippen molar-refractivity contribution in [3.05, 3.63) is 23.0 Å². The highest BCUT2D eigenvalue weighted by molar-refractivity contribution is 6.30. The fraction of sp³-hybridized carbons (Fsp3) is 0.444. The summed E-state index contributed by atoms with van der Waals surface area (Å²) in [6, 6.07) is 1.59. The van der Waals surface area contributed by atoms with E-state index < -0.39 is 0 Å². The predicted octanol–water partition coefficient (Wildman–Crippen LogP) is 1.43. The molecule has 0 aromatic carbocycles. The molecule has 0 spiro atoms. The Bertz CT molecular complexity index is 299. The van der Waals surface area contributed by atoms with Gasteiger partial charge in [0, 0.05) is 26.5 Å². The number of rotatable bonds is 5. The Labute approximate surface area is 87.6 Å². The Morgan fingerprint density at radius 2 is 2.50 bits per heavy atom. The Morgan fingerprint density at radius 3 is 3.07 bits per heavy atom. The summed E-state index contributed by atoms with van der Waals surface area (Å²) in [5.41, 5.74) is 0.479. The van der Waals surface area contributed by atoms with E-state index >= 15 is 0 Å². The normalized spacial score (nSPS) is 10.1. The number of nitrogens with one attached hydrogen (secondary N) is 2. The molecule has 0 aliphatic carbocycles. The molecule has 0 aliphatic rings. The van der Waals surface area contributed by atoms with Crippen LogP contribution >= 0.6 is 11.6 Å². The molecule has 0 bridgehead atoms. The van der Waals surface area contributed by atoms with Gasteiger partial charge in [-0.3, -0.25) is 4.79 Å². The summed E-state index contributed by atoms with van der Waals surface area (Å²) in [7, 11) is 1.63. The van der Waals surface area contributed by atoms with Gasteiger partial charge >= 0.3 is 0 Å². The third-order valence-electron chi connectivity index (χ3n) is 1.70. The smallest absolute Gasteiger partial charge is 0.267 e. The predicted molar refractivity (Wildman–Crippen MR) is 54.6 cm³/mol. The minimum atomic E-state index is -0.145. The maximum absolute atomic E-state index is 11.4. The largest absolute Gasteiger partial charge is 0.385 e. The molecule has 4 nitrogen and oxygen atoms in total. The van der Waals surface area contributed by atoms with Gasteiger partial charge in [0.05, 0.1) is 5.02 Å². The van der Waals surface area contributed by atoms with Gasteiger partial charge < -0.3 is 15.0 Å². The second-order valence-corrected chi connectivity index (χ2v) is 3.27. The van der Waals surface area contributed by atoms with E-state index in [0.717, 1.165) is 6.42 Å². The second-order valence-electron chi connectivity index (χ2n) is 2.83. The summed E-state index contributed by atoms with van der Waals surface area (Å²) in [4.78, 5) is 14.2. The van der Waals surface area contributed by atoms with Crippen molar-refractivity contribution in [1.29, 1.82) is 0 Å². The van der Waals surface area contributed by atoms with Gasteiger partial charge in [-0.2, -0.15) is 0 Å². The quantitative estimate of drug-likeness (QED) is 0.732. The minimum Gasteiger partial charge on any atom is -0.385 e. The van der Waals surface area contributed by atoms with Gasteiger partial charge in [0.25, 0.3) is 5.91 Å². The number of halogens is 1. The van der Waals surface area contributed by atoms with Crippen LogP contribution in [-0.2, 0) is 4.74 Å². The van der Waals surface area contributed by atoms with E-state index in [-0.39, 0.29) is 5.91 Å². The number of hydrogen-bond donors (Lipinski definition) is 2. The molecule has 0 fully saturated rings. The van der Waals surface area contributed by atoms with E-state index in [9.17, 15) is 4.79 Å². The molecule has 1 amide bonds. The molecule has 0 saturated carbocycles. The van der Waals surface area contributed by atoms with Gasteiger partial charge in [-0.05, 0) is 12.5 Å². The zero-order valence-electron chi connectivity index (χ0n) is 7.97. The molecule has 5 heteroatoms. The molecule has 1 rings (SSSR count). The minimum absolute atomic E-state index is 0.145. The third kappa shape index (κ3) is 3.40. The maximum atomic E-state index is 11.4. The number of aromatic nitrogens is 1. The summed E-state index contributed by atoms with van der Waals surface area (Å²) >= 11 is 5.66. The molecule has 78 valence electrons. The van der Waals surface area contributed by atoms with Crippen molar-refractivity contribution >= 4 is 17.5 Å². The highest BCUT2D eigenvalue weighted by Crippen LogP contribution is 2.08. The standard InChI is InChI=1S/C9H13ClN2O2/c1-14-4-2-3-11-9(13)8-5-7(10)6-12-8/h5-6,12H,2-4H2,1H3,(H,11,13). The first-order valence-corrected chi connectivity index (χ1v) is 4.73. The summed E-state index contributed by atoms with van der Waals surface area (Å²) in [6.07, 6.45) is 2.38. The monoisotopic (exact) mass is 216 g/mol. The van der Waals surface area contributed by atoms with Crippen LogP contribution in [0.1, 0.15) is 16.9 Å². The SMILES string of the molecule is COCCCNC(=O)c1cc(Cl)c[nH]1. The van der Waals surface area contributed by atoms with Crippen molar-refractivity contribution < 1.29 is 9.53 Å². The summed E-state index contributed by atoms with van der Waals surface area (Å²) < 4.78 is 4.85. The van der Waals surface area contributed by atoms with Crippen molar-refractivity contribution in [3.8, 4) is 0 Å². The second kappa shape index (κ2) is 5.67. The number of amides is 1. The first kappa shape index (κ1) is 11.1. The Kier molecular flexibility index (Phi) is 4.49. The van der Waals surface area contributed by atoms with Crippen LogP contribution in [0, 0.1) is 0 Å². The topological polar surface area (TPSA) is 54.1 Å². The zero-order valence-corrected chi connectivity index (χ0v) is 8.73. The Hall–Kier alpha value is -1.00. The average Bonchev–Trinajstić information content (AvgIpc) is 2.59. The van der Waals surface area contributed by atoms with Crippen LogP contribution in [0.2, 0.25) is 5.02 Å². The van der Waals surface area contributed by atoms with E-state index in [1.165, 1.54) is 0 Å². The third-order valence-corrected chi connectivity index (χ3v) is 1.92. The van der Waals surface area contributed by atoms with Gasteiger partial charge in [0.2, 0.25) is 0 Å². The highest BCUT2D eigenvalue weighted by Gasteiger charge is 2.06. The van der Waals surface area contributed by atoms with Gasteiger partial charge in [0.15, 0.2) is 0 Å². The molecule has 14 heavy (non-hydrogen) atoms. The number of carbonyl (C=O) groups excluding carboxylic acids is 1. The molecule has 0 radical (unpaired) electrons. The molecule has 0 saturated heterocycles. The molecule has 1 aromatic heterocycles. The molecular formula is C9H13ClN2O2. The molecule has 1 aromatic rings. The lowest BCUT2D eigenvalue weighted by molar-refractivity contribution is 0.0944. The molecule has 1 heterocycles. The average molecular weight is 217 g/mol. The van der Waals surface area contributed by atoms with Crippen molar-refractivity contribution in [3.63, 3.8) is 0 Å². The van der Waals surface area contributed by atoms with E-state index in [1.54, 1.807) is 19.4 Å². The van der Waals surface area contributed by atoms with E-state index in [1.807, 2.05) is 0 Å². The van der Waals surface area contributed by atoms with Crippen LogP contribution in [-0.4, -0.2) is 31.2 Å². The van der Waals surface area contributed by atoms with Crippen LogP contribution in [0.5, 0.6) is 0 Å². The lowest BCUT2D eigenvalue weighted by Crippen LogP contribution is -2.25. The van der Waals surface area contributed by atoms with Crippen molar-refractivity contribution in [2.24, 2.45) is 0 Å². The van der Waals surface area contributed by atoms with E-state index in [0.29, 0.717) is 23.9 Å². The number of methoxy groups -OCH3 is 1. The maximum Gasteiger partial charge on any atom is 0.267 e. The fourth-order valence-electron chi connectivity index (χ4n) is 1.01. The molecule has 0 unspecified atom stereocenters.